The second kappa shape index (κ2) is 2.92. The van der Waals surface area contributed by atoms with E-state index in [0.29, 0.717) is 5.70 Å². The molecule has 2 heteroatoms. The summed E-state index contributed by atoms with van der Waals surface area (Å²) in [5.74, 6) is 0. The van der Waals surface area contributed by atoms with Gasteiger partial charge in [0.15, 0.2) is 0 Å². The average molecular weight is 132 g/mol. The first-order chi connectivity index (χ1) is 4.84. The summed E-state index contributed by atoms with van der Waals surface area (Å²) in [4.78, 5) is 7.55. The smallest absolute Gasteiger partial charge is 0.0624 e. The van der Waals surface area contributed by atoms with E-state index in [-0.39, 0.29) is 0 Å². The lowest BCUT2D eigenvalue weighted by Gasteiger charge is -1.95. The molecule has 0 bridgehead atoms. The molecule has 0 saturated heterocycles. The van der Waals surface area contributed by atoms with E-state index in [9.17, 15) is 0 Å². The minimum atomic E-state index is 0.683. The van der Waals surface area contributed by atoms with Gasteiger partial charge >= 0.3 is 0 Å². The second-order valence-corrected chi connectivity index (χ2v) is 1.84. The van der Waals surface area contributed by atoms with Crippen LogP contribution in [0.25, 0.3) is 5.70 Å². The molecule has 1 aromatic rings. The maximum atomic E-state index is 3.86. The van der Waals surface area contributed by atoms with Gasteiger partial charge in [-0.1, -0.05) is 6.58 Å². The van der Waals surface area contributed by atoms with Crippen LogP contribution in [0.3, 0.4) is 0 Å². The van der Waals surface area contributed by atoms with Crippen molar-refractivity contribution in [3.05, 3.63) is 36.7 Å². The summed E-state index contributed by atoms with van der Waals surface area (Å²) in [6.07, 6.45) is 3.40. The summed E-state index contributed by atoms with van der Waals surface area (Å²) in [5.41, 5.74) is 1.65. The molecule has 1 aromatic heterocycles. The number of aromatic nitrogens is 1. The van der Waals surface area contributed by atoms with Crippen LogP contribution in [0.5, 0.6) is 0 Å². The third kappa shape index (κ3) is 1.29. The Labute approximate surface area is 60.0 Å². The number of pyridine rings is 1. The Bertz CT molecular complexity index is 239. The highest BCUT2D eigenvalue weighted by molar-refractivity contribution is 5.65. The van der Waals surface area contributed by atoms with E-state index >= 15 is 0 Å². The van der Waals surface area contributed by atoms with Crippen LogP contribution in [-0.2, 0) is 0 Å². The Kier molecular flexibility index (Phi) is 1.95. The fourth-order valence-electron chi connectivity index (χ4n) is 0.636. The third-order valence-electron chi connectivity index (χ3n) is 1.20. The van der Waals surface area contributed by atoms with E-state index < -0.39 is 0 Å². The van der Waals surface area contributed by atoms with E-state index in [0.717, 1.165) is 5.56 Å². The van der Waals surface area contributed by atoms with E-state index in [4.69, 9.17) is 0 Å². The summed E-state index contributed by atoms with van der Waals surface area (Å²) < 4.78 is 0. The first kappa shape index (κ1) is 6.68. The highest BCUT2D eigenvalue weighted by atomic mass is 14.7. The Hall–Kier alpha value is -1.44. The highest BCUT2D eigenvalue weighted by Gasteiger charge is 1.90. The van der Waals surface area contributed by atoms with Crippen molar-refractivity contribution >= 4 is 12.4 Å². The van der Waals surface area contributed by atoms with Crippen LogP contribution in [0.15, 0.2) is 36.1 Å². The molecule has 2 nitrogen and oxygen atoms in total. The third-order valence-corrected chi connectivity index (χ3v) is 1.20. The first-order valence-electron chi connectivity index (χ1n) is 2.90. The minimum absolute atomic E-state index is 0.683. The van der Waals surface area contributed by atoms with Crippen LogP contribution in [0.2, 0.25) is 0 Å². The molecule has 0 radical (unpaired) electrons. The Balaban J connectivity index is 2.95. The van der Waals surface area contributed by atoms with Gasteiger partial charge in [-0.25, -0.2) is 0 Å². The van der Waals surface area contributed by atoms with Crippen molar-refractivity contribution in [2.75, 3.05) is 0 Å². The van der Waals surface area contributed by atoms with Crippen molar-refractivity contribution in [1.82, 2.24) is 4.98 Å². The van der Waals surface area contributed by atoms with Crippen LogP contribution in [0.1, 0.15) is 5.56 Å². The summed E-state index contributed by atoms with van der Waals surface area (Å²) in [5, 5.41) is 0. The van der Waals surface area contributed by atoms with Gasteiger partial charge in [0.25, 0.3) is 0 Å². The lowest BCUT2D eigenvalue weighted by molar-refractivity contribution is 1.31. The Morgan fingerprint density at radius 1 is 1.40 bits per heavy atom. The Morgan fingerprint density at radius 2 is 2.00 bits per heavy atom. The number of aliphatic imine (C=N–C) groups is 1. The number of hydrogen-bond acceptors (Lipinski definition) is 2. The summed E-state index contributed by atoms with van der Waals surface area (Å²) >= 11 is 0. The average Bonchev–Trinajstić information content (AvgIpc) is 2.05. The summed E-state index contributed by atoms with van der Waals surface area (Å²) in [7, 11) is 0. The molecule has 50 valence electrons. The zero-order valence-electron chi connectivity index (χ0n) is 5.62. The van der Waals surface area contributed by atoms with Gasteiger partial charge in [0, 0.05) is 18.0 Å². The molecule has 0 fully saturated rings. The highest BCUT2D eigenvalue weighted by Crippen LogP contribution is 2.09. The predicted octanol–water partition coefficient (Wildman–Crippen LogP) is 1.75. The molecule has 0 spiro atoms. The SMILES string of the molecule is C=NC(=C)c1ccncc1. The Morgan fingerprint density at radius 3 is 2.50 bits per heavy atom. The maximum Gasteiger partial charge on any atom is 0.0624 e. The first-order valence-corrected chi connectivity index (χ1v) is 2.90. The van der Waals surface area contributed by atoms with Gasteiger partial charge in [0.05, 0.1) is 5.70 Å². The molecule has 1 heterocycles. The van der Waals surface area contributed by atoms with Crippen LogP contribution in [0.4, 0.5) is 0 Å². The van der Waals surface area contributed by atoms with Crippen molar-refractivity contribution < 1.29 is 0 Å². The van der Waals surface area contributed by atoms with Gasteiger partial charge in [-0.3, -0.25) is 9.98 Å². The van der Waals surface area contributed by atoms with Crippen molar-refractivity contribution in [2.45, 2.75) is 0 Å². The van der Waals surface area contributed by atoms with Crippen LogP contribution in [-0.4, -0.2) is 11.7 Å². The second-order valence-electron chi connectivity index (χ2n) is 1.84. The quantitative estimate of drug-likeness (QED) is 0.563. The van der Waals surface area contributed by atoms with Crippen LogP contribution < -0.4 is 0 Å². The topological polar surface area (TPSA) is 25.2 Å². The molecule has 10 heavy (non-hydrogen) atoms. The fourth-order valence-corrected chi connectivity index (χ4v) is 0.636. The van der Waals surface area contributed by atoms with Gasteiger partial charge in [0.1, 0.15) is 0 Å². The molecule has 0 aromatic carbocycles. The van der Waals surface area contributed by atoms with Crippen molar-refractivity contribution in [3.8, 4) is 0 Å². The molecule has 0 N–H and O–H groups in total. The molecule has 0 atom stereocenters. The van der Waals surface area contributed by atoms with Gasteiger partial charge in [-0.2, -0.15) is 0 Å². The largest absolute Gasteiger partial charge is 0.265 e. The molecule has 0 aliphatic carbocycles. The van der Waals surface area contributed by atoms with E-state index in [1.807, 2.05) is 12.1 Å². The number of nitrogens with zero attached hydrogens (tertiary/aromatic N) is 2. The standard InChI is InChI=1S/C8H8N2/c1-7(9-2)8-3-5-10-6-4-8/h3-6H,1-2H2. The predicted molar refractivity (Wildman–Crippen MR) is 42.8 cm³/mol. The molecule has 0 saturated carbocycles. The van der Waals surface area contributed by atoms with Crippen LogP contribution >= 0.6 is 0 Å². The molecule has 0 aliphatic heterocycles. The van der Waals surface area contributed by atoms with Gasteiger partial charge in [-0.05, 0) is 18.9 Å². The number of hydrogen-bond donors (Lipinski definition) is 0. The molecule has 0 unspecified atom stereocenters. The normalized spacial score (nSPS) is 8.80. The van der Waals surface area contributed by atoms with Gasteiger partial charge in [0.2, 0.25) is 0 Å². The van der Waals surface area contributed by atoms with E-state index in [2.05, 4.69) is 23.3 Å². The van der Waals surface area contributed by atoms with Gasteiger partial charge in [-0.15, -0.1) is 0 Å². The summed E-state index contributed by atoms with van der Waals surface area (Å²) in [6, 6.07) is 3.69. The van der Waals surface area contributed by atoms with E-state index in [1.165, 1.54) is 0 Å². The van der Waals surface area contributed by atoms with E-state index in [1.54, 1.807) is 12.4 Å². The van der Waals surface area contributed by atoms with Crippen molar-refractivity contribution in [3.63, 3.8) is 0 Å². The molecule has 0 aliphatic rings. The van der Waals surface area contributed by atoms with Crippen LogP contribution in [0, 0.1) is 0 Å². The lowest BCUT2D eigenvalue weighted by Crippen LogP contribution is -1.77. The molecule has 0 amide bonds. The molecule has 1 rings (SSSR count). The summed E-state index contributed by atoms with van der Waals surface area (Å²) in [6.45, 7) is 7.05. The minimum Gasteiger partial charge on any atom is -0.265 e. The zero-order valence-corrected chi connectivity index (χ0v) is 5.62. The maximum absolute atomic E-state index is 3.86. The van der Waals surface area contributed by atoms with Crippen molar-refractivity contribution in [1.29, 1.82) is 0 Å². The fraction of sp³-hybridized carbons (Fsp3) is 0. The molecular formula is C8H8N2. The molecular weight excluding hydrogens is 124 g/mol. The van der Waals surface area contributed by atoms with Gasteiger partial charge < -0.3 is 0 Å². The monoisotopic (exact) mass is 132 g/mol. The number of rotatable bonds is 2. The lowest BCUT2D eigenvalue weighted by atomic mass is 10.2. The zero-order chi connectivity index (χ0) is 7.40. The van der Waals surface area contributed by atoms with Crippen molar-refractivity contribution in [2.24, 2.45) is 4.99 Å².